The normalized spacial score (nSPS) is 30.5. The van der Waals surface area contributed by atoms with Crippen LogP contribution in [0.5, 0.6) is 0 Å². The Morgan fingerprint density at radius 1 is 1.47 bits per heavy atom. The van der Waals surface area contributed by atoms with Gasteiger partial charge in [-0.25, -0.2) is 4.98 Å². The van der Waals surface area contributed by atoms with Crippen LogP contribution in [0.1, 0.15) is 49.5 Å². The Balaban J connectivity index is 1.95. The summed E-state index contributed by atoms with van der Waals surface area (Å²) in [6.07, 6.45) is 6.12. The first-order valence-electron chi connectivity index (χ1n) is 5.99. The third-order valence-electron chi connectivity index (χ3n) is 3.74. The SMILES string of the molecule is CC1CCCn2c1cnc2C1CCSC1. The van der Waals surface area contributed by atoms with E-state index < -0.39 is 0 Å². The molecule has 0 spiro atoms. The first-order chi connectivity index (χ1) is 7.36. The average molecular weight is 222 g/mol. The Bertz CT molecular complexity index is 353. The number of fused-ring (bicyclic) bond motifs is 1. The van der Waals surface area contributed by atoms with Gasteiger partial charge in [-0.15, -0.1) is 0 Å². The number of rotatable bonds is 1. The summed E-state index contributed by atoms with van der Waals surface area (Å²) in [6.45, 7) is 3.54. The second-order valence-electron chi connectivity index (χ2n) is 4.80. The van der Waals surface area contributed by atoms with Gasteiger partial charge < -0.3 is 4.57 Å². The molecule has 0 bridgehead atoms. The van der Waals surface area contributed by atoms with Crippen LogP contribution in [-0.4, -0.2) is 21.1 Å². The number of hydrogen-bond donors (Lipinski definition) is 0. The Kier molecular flexibility index (Phi) is 2.51. The molecule has 0 N–H and O–H groups in total. The Hall–Kier alpha value is -0.440. The minimum Gasteiger partial charge on any atom is -0.332 e. The van der Waals surface area contributed by atoms with Crippen molar-refractivity contribution in [3.8, 4) is 0 Å². The van der Waals surface area contributed by atoms with Gasteiger partial charge in [-0.3, -0.25) is 0 Å². The summed E-state index contributed by atoms with van der Waals surface area (Å²) in [4.78, 5) is 4.68. The molecule has 1 aromatic heterocycles. The molecule has 2 aliphatic heterocycles. The van der Waals surface area contributed by atoms with E-state index in [1.807, 2.05) is 0 Å². The summed E-state index contributed by atoms with van der Waals surface area (Å²) in [6, 6.07) is 0. The van der Waals surface area contributed by atoms with Crippen LogP contribution in [-0.2, 0) is 6.54 Å². The highest BCUT2D eigenvalue weighted by atomic mass is 32.2. The van der Waals surface area contributed by atoms with E-state index in [4.69, 9.17) is 0 Å². The van der Waals surface area contributed by atoms with E-state index in [9.17, 15) is 0 Å². The van der Waals surface area contributed by atoms with Crippen molar-refractivity contribution < 1.29 is 0 Å². The van der Waals surface area contributed by atoms with E-state index >= 15 is 0 Å². The zero-order valence-corrected chi connectivity index (χ0v) is 10.1. The van der Waals surface area contributed by atoms with Gasteiger partial charge in [0.1, 0.15) is 5.82 Å². The molecule has 0 aliphatic carbocycles. The molecular formula is C12H18N2S. The first-order valence-corrected chi connectivity index (χ1v) is 7.15. The third kappa shape index (κ3) is 1.61. The summed E-state index contributed by atoms with van der Waals surface area (Å²) in [5.74, 6) is 5.43. The monoisotopic (exact) mass is 222 g/mol. The summed E-state index contributed by atoms with van der Waals surface area (Å²) < 4.78 is 2.50. The molecule has 82 valence electrons. The highest BCUT2D eigenvalue weighted by molar-refractivity contribution is 7.99. The molecule has 0 aromatic carbocycles. The molecule has 2 unspecified atom stereocenters. The van der Waals surface area contributed by atoms with Gasteiger partial charge in [0.05, 0.1) is 0 Å². The Morgan fingerprint density at radius 3 is 3.20 bits per heavy atom. The van der Waals surface area contributed by atoms with Gasteiger partial charge in [0.25, 0.3) is 0 Å². The van der Waals surface area contributed by atoms with Gasteiger partial charge in [0, 0.05) is 30.1 Å². The highest BCUT2D eigenvalue weighted by Gasteiger charge is 2.26. The van der Waals surface area contributed by atoms with Crippen LogP contribution in [0.15, 0.2) is 6.20 Å². The zero-order chi connectivity index (χ0) is 10.3. The van der Waals surface area contributed by atoms with Crippen molar-refractivity contribution in [3.05, 3.63) is 17.7 Å². The second kappa shape index (κ2) is 3.85. The lowest BCUT2D eigenvalue weighted by Gasteiger charge is -2.23. The van der Waals surface area contributed by atoms with Crippen LogP contribution in [0.2, 0.25) is 0 Å². The molecule has 1 aromatic rings. The van der Waals surface area contributed by atoms with Crippen LogP contribution >= 0.6 is 11.8 Å². The molecule has 2 aliphatic rings. The van der Waals surface area contributed by atoms with Gasteiger partial charge in [0.2, 0.25) is 0 Å². The van der Waals surface area contributed by atoms with Crippen LogP contribution in [0, 0.1) is 0 Å². The maximum Gasteiger partial charge on any atom is 0.112 e. The first kappa shape index (κ1) is 9.76. The van der Waals surface area contributed by atoms with E-state index in [2.05, 4.69) is 34.4 Å². The molecule has 3 heteroatoms. The van der Waals surface area contributed by atoms with Gasteiger partial charge in [-0.1, -0.05) is 6.92 Å². The van der Waals surface area contributed by atoms with Gasteiger partial charge in [-0.05, 0) is 30.9 Å². The van der Waals surface area contributed by atoms with Crippen LogP contribution < -0.4 is 0 Å². The fourth-order valence-electron chi connectivity index (χ4n) is 2.81. The standard InChI is InChI=1S/C12H18N2S/c1-9-3-2-5-14-11(9)7-13-12(14)10-4-6-15-8-10/h7,9-10H,2-6,8H2,1H3. The maximum atomic E-state index is 4.68. The number of aromatic nitrogens is 2. The minimum absolute atomic E-state index is 0.717. The van der Waals surface area contributed by atoms with Crippen molar-refractivity contribution >= 4 is 11.8 Å². The molecule has 1 saturated heterocycles. The fraction of sp³-hybridized carbons (Fsp3) is 0.750. The molecule has 0 amide bonds. The molecule has 15 heavy (non-hydrogen) atoms. The maximum absolute atomic E-state index is 4.68. The lowest BCUT2D eigenvalue weighted by molar-refractivity contribution is 0.454. The van der Waals surface area contributed by atoms with Gasteiger partial charge in [-0.2, -0.15) is 11.8 Å². The molecule has 3 rings (SSSR count). The van der Waals surface area contributed by atoms with Gasteiger partial charge >= 0.3 is 0 Å². The number of imidazole rings is 1. The smallest absolute Gasteiger partial charge is 0.112 e. The molecule has 0 saturated carbocycles. The largest absolute Gasteiger partial charge is 0.332 e. The Morgan fingerprint density at radius 2 is 2.40 bits per heavy atom. The van der Waals surface area contributed by atoms with Crippen molar-refractivity contribution in [3.63, 3.8) is 0 Å². The van der Waals surface area contributed by atoms with Crippen LogP contribution in [0.3, 0.4) is 0 Å². The van der Waals surface area contributed by atoms with E-state index in [1.54, 1.807) is 0 Å². The summed E-state index contributed by atoms with van der Waals surface area (Å²) in [7, 11) is 0. The minimum atomic E-state index is 0.717. The van der Waals surface area contributed by atoms with Crippen molar-refractivity contribution in [2.45, 2.75) is 44.6 Å². The predicted octanol–water partition coefficient (Wildman–Crippen LogP) is 3.00. The number of hydrogen-bond acceptors (Lipinski definition) is 2. The van der Waals surface area contributed by atoms with Crippen molar-refractivity contribution in [1.82, 2.24) is 9.55 Å². The third-order valence-corrected chi connectivity index (χ3v) is 4.90. The molecule has 3 heterocycles. The number of nitrogens with zero attached hydrogens (tertiary/aromatic N) is 2. The van der Waals surface area contributed by atoms with Crippen LogP contribution in [0.25, 0.3) is 0 Å². The molecule has 2 nitrogen and oxygen atoms in total. The van der Waals surface area contributed by atoms with Crippen molar-refractivity contribution in [2.75, 3.05) is 11.5 Å². The molecule has 2 atom stereocenters. The van der Waals surface area contributed by atoms with E-state index in [0.717, 1.165) is 5.92 Å². The van der Waals surface area contributed by atoms with Crippen molar-refractivity contribution in [2.24, 2.45) is 0 Å². The van der Waals surface area contributed by atoms with E-state index in [0.29, 0.717) is 5.92 Å². The zero-order valence-electron chi connectivity index (χ0n) is 9.28. The topological polar surface area (TPSA) is 17.8 Å². The highest BCUT2D eigenvalue weighted by Crippen LogP contribution is 2.35. The van der Waals surface area contributed by atoms with Crippen LogP contribution in [0.4, 0.5) is 0 Å². The average Bonchev–Trinajstić information content (AvgIpc) is 2.85. The predicted molar refractivity (Wildman–Crippen MR) is 64.6 cm³/mol. The Labute approximate surface area is 95.5 Å². The summed E-state index contributed by atoms with van der Waals surface area (Å²) >= 11 is 2.08. The van der Waals surface area contributed by atoms with E-state index in [-0.39, 0.29) is 0 Å². The van der Waals surface area contributed by atoms with Gasteiger partial charge in [0.15, 0.2) is 0 Å². The molecular weight excluding hydrogens is 204 g/mol. The fourth-order valence-corrected chi connectivity index (χ4v) is 4.03. The second-order valence-corrected chi connectivity index (χ2v) is 5.95. The molecule has 0 radical (unpaired) electrons. The van der Waals surface area contributed by atoms with E-state index in [1.165, 1.54) is 48.8 Å². The summed E-state index contributed by atoms with van der Waals surface area (Å²) in [5, 5.41) is 0. The quantitative estimate of drug-likeness (QED) is 0.727. The molecule has 1 fully saturated rings. The summed E-state index contributed by atoms with van der Waals surface area (Å²) in [5.41, 5.74) is 1.48. The lowest BCUT2D eigenvalue weighted by Crippen LogP contribution is -2.17. The van der Waals surface area contributed by atoms with Crippen molar-refractivity contribution in [1.29, 1.82) is 0 Å². The lowest BCUT2D eigenvalue weighted by atomic mass is 9.98. The number of thioether (sulfide) groups is 1.